The molecular formula is C21H24N2O4S. The van der Waals surface area contributed by atoms with Crippen LogP contribution in [-0.2, 0) is 25.5 Å². The zero-order chi connectivity index (χ0) is 19.8. The summed E-state index contributed by atoms with van der Waals surface area (Å²) in [5.41, 5.74) is 2.10. The molecule has 6 nitrogen and oxygen atoms in total. The average Bonchev–Trinajstić information content (AvgIpc) is 3.52. The molecule has 28 heavy (non-hydrogen) atoms. The van der Waals surface area contributed by atoms with E-state index in [0.29, 0.717) is 17.4 Å². The highest BCUT2D eigenvalue weighted by atomic mass is 32.2. The fourth-order valence-electron chi connectivity index (χ4n) is 3.65. The Morgan fingerprint density at radius 3 is 2.68 bits per heavy atom. The number of hydrogen-bond donors (Lipinski definition) is 1. The van der Waals surface area contributed by atoms with E-state index in [2.05, 4.69) is 5.32 Å². The molecule has 1 saturated carbocycles. The number of β-lactam (4-membered cyclic amide) rings is 1. The predicted octanol–water partition coefficient (Wildman–Crippen LogP) is 2.24. The summed E-state index contributed by atoms with van der Waals surface area (Å²) in [5, 5.41) is 2.58. The molecule has 148 valence electrons. The molecule has 2 aliphatic heterocycles. The highest BCUT2D eigenvalue weighted by Gasteiger charge is 2.54. The summed E-state index contributed by atoms with van der Waals surface area (Å²) in [6.07, 6.45) is 2.27. The van der Waals surface area contributed by atoms with Gasteiger partial charge in [0.2, 0.25) is 5.91 Å². The van der Waals surface area contributed by atoms with Crippen LogP contribution >= 0.6 is 11.8 Å². The average molecular weight is 401 g/mol. The quantitative estimate of drug-likeness (QED) is 0.586. The molecule has 3 aliphatic rings. The second-order valence-electron chi connectivity index (χ2n) is 7.69. The summed E-state index contributed by atoms with van der Waals surface area (Å²) in [6, 6.07) is 8.81. The van der Waals surface area contributed by atoms with Crippen LogP contribution in [0.3, 0.4) is 0 Å². The summed E-state index contributed by atoms with van der Waals surface area (Å²) in [4.78, 5) is 39.3. The second kappa shape index (κ2) is 7.62. The molecule has 0 spiro atoms. The standard InChI is InChI=1S/C21H24N2O4S/c1-12-11-28-20-17(22-16(24)10-14-6-4-3-5-7-14)19(25)23(20)18(12)21(26)27-13(2)15-8-9-15/h3-7,13,15,17,20H,8-11H2,1-2H3,(H,22,24)/t13?,17?,20-/m0/s1. The Balaban J connectivity index is 1.40. The number of carbonyl (C=O) groups is 3. The first-order chi connectivity index (χ1) is 13.5. The van der Waals surface area contributed by atoms with Crippen molar-refractivity contribution in [3.8, 4) is 0 Å². The van der Waals surface area contributed by atoms with Crippen molar-refractivity contribution in [1.82, 2.24) is 10.2 Å². The Hall–Kier alpha value is -2.28. The van der Waals surface area contributed by atoms with Crippen LogP contribution in [0.4, 0.5) is 0 Å². The van der Waals surface area contributed by atoms with E-state index < -0.39 is 12.0 Å². The molecule has 1 N–H and O–H groups in total. The van der Waals surface area contributed by atoms with Crippen LogP contribution in [0, 0.1) is 5.92 Å². The van der Waals surface area contributed by atoms with Crippen molar-refractivity contribution in [3.05, 3.63) is 47.2 Å². The molecule has 2 unspecified atom stereocenters. The molecule has 7 heteroatoms. The van der Waals surface area contributed by atoms with E-state index in [-0.39, 0.29) is 29.7 Å². The highest BCUT2D eigenvalue weighted by molar-refractivity contribution is 8.00. The summed E-state index contributed by atoms with van der Waals surface area (Å²) in [5.74, 6) is 0.216. The first-order valence-corrected chi connectivity index (χ1v) is 10.7. The number of benzene rings is 1. The van der Waals surface area contributed by atoms with E-state index in [9.17, 15) is 14.4 Å². The lowest BCUT2D eigenvalue weighted by molar-refractivity contribution is -0.155. The molecule has 3 atom stereocenters. The van der Waals surface area contributed by atoms with E-state index >= 15 is 0 Å². The normalized spacial score (nSPS) is 24.9. The van der Waals surface area contributed by atoms with Gasteiger partial charge in [0.05, 0.1) is 6.42 Å². The van der Waals surface area contributed by atoms with Gasteiger partial charge >= 0.3 is 5.97 Å². The van der Waals surface area contributed by atoms with Gasteiger partial charge in [-0.05, 0) is 43.7 Å². The van der Waals surface area contributed by atoms with Gasteiger partial charge in [0.1, 0.15) is 23.2 Å². The lowest BCUT2D eigenvalue weighted by atomic mass is 10.0. The van der Waals surface area contributed by atoms with Crippen molar-refractivity contribution in [2.45, 2.75) is 50.6 Å². The van der Waals surface area contributed by atoms with Gasteiger partial charge in [-0.25, -0.2) is 4.79 Å². The number of thioether (sulfide) groups is 1. The van der Waals surface area contributed by atoms with Crippen LogP contribution in [-0.4, -0.2) is 46.0 Å². The van der Waals surface area contributed by atoms with Gasteiger partial charge in [0, 0.05) is 5.75 Å². The Kier molecular flexibility index (Phi) is 5.19. The van der Waals surface area contributed by atoms with E-state index in [0.717, 1.165) is 24.0 Å². The largest absolute Gasteiger partial charge is 0.458 e. The maximum Gasteiger partial charge on any atom is 0.355 e. The van der Waals surface area contributed by atoms with Crippen molar-refractivity contribution in [3.63, 3.8) is 0 Å². The zero-order valence-corrected chi connectivity index (χ0v) is 16.8. The number of esters is 1. The number of rotatable bonds is 6. The van der Waals surface area contributed by atoms with E-state index in [1.807, 2.05) is 44.2 Å². The molecule has 0 bridgehead atoms. The molecular weight excluding hydrogens is 376 g/mol. The minimum atomic E-state index is -0.599. The monoisotopic (exact) mass is 400 g/mol. The number of amides is 2. The predicted molar refractivity (Wildman–Crippen MR) is 106 cm³/mol. The molecule has 0 radical (unpaired) electrons. The Morgan fingerprint density at radius 2 is 2.00 bits per heavy atom. The van der Waals surface area contributed by atoms with Crippen molar-refractivity contribution in [2.24, 2.45) is 5.92 Å². The third kappa shape index (κ3) is 3.68. The van der Waals surface area contributed by atoms with Gasteiger partial charge < -0.3 is 10.1 Å². The smallest absolute Gasteiger partial charge is 0.355 e. The molecule has 0 aromatic heterocycles. The fraction of sp³-hybridized carbons (Fsp3) is 0.476. The van der Waals surface area contributed by atoms with Crippen molar-refractivity contribution in [1.29, 1.82) is 0 Å². The number of nitrogens with zero attached hydrogens (tertiary/aromatic N) is 1. The number of carbonyl (C=O) groups excluding carboxylic acids is 3. The lowest BCUT2D eigenvalue weighted by Gasteiger charge is -2.49. The number of fused-ring (bicyclic) bond motifs is 1. The van der Waals surface area contributed by atoms with Crippen molar-refractivity contribution < 1.29 is 19.1 Å². The molecule has 1 aliphatic carbocycles. The van der Waals surface area contributed by atoms with Gasteiger partial charge in [-0.3, -0.25) is 14.5 Å². The summed E-state index contributed by atoms with van der Waals surface area (Å²) in [6.45, 7) is 3.77. The van der Waals surface area contributed by atoms with Crippen LogP contribution in [0.1, 0.15) is 32.3 Å². The van der Waals surface area contributed by atoms with Crippen LogP contribution in [0.25, 0.3) is 0 Å². The molecule has 2 amide bonds. The molecule has 1 aromatic carbocycles. The number of hydrogen-bond acceptors (Lipinski definition) is 5. The fourth-order valence-corrected chi connectivity index (χ4v) is 4.95. The highest BCUT2D eigenvalue weighted by Crippen LogP contribution is 2.41. The van der Waals surface area contributed by atoms with Crippen LogP contribution in [0.15, 0.2) is 41.6 Å². The maximum atomic E-state index is 12.7. The van der Waals surface area contributed by atoms with Gasteiger partial charge in [0.15, 0.2) is 0 Å². The van der Waals surface area contributed by atoms with Crippen molar-refractivity contribution >= 4 is 29.5 Å². The molecule has 1 saturated heterocycles. The first kappa shape index (κ1) is 19.1. The van der Waals surface area contributed by atoms with Crippen LogP contribution in [0.2, 0.25) is 0 Å². The Bertz CT molecular complexity index is 834. The zero-order valence-electron chi connectivity index (χ0n) is 16.0. The SMILES string of the molecule is CC1=C(C(=O)OC(C)C2CC2)N2C(=O)C(NC(=O)Cc3ccccc3)[C@@H]2SC1. The topological polar surface area (TPSA) is 75.7 Å². The van der Waals surface area contributed by atoms with Gasteiger partial charge in [-0.15, -0.1) is 11.8 Å². The summed E-state index contributed by atoms with van der Waals surface area (Å²) < 4.78 is 5.59. The summed E-state index contributed by atoms with van der Waals surface area (Å²) in [7, 11) is 0. The lowest BCUT2D eigenvalue weighted by Crippen LogP contribution is -2.70. The Labute approximate surface area is 168 Å². The van der Waals surface area contributed by atoms with E-state index in [1.165, 1.54) is 4.90 Å². The van der Waals surface area contributed by atoms with Gasteiger partial charge in [-0.1, -0.05) is 30.3 Å². The van der Waals surface area contributed by atoms with E-state index in [4.69, 9.17) is 4.74 Å². The molecule has 1 aromatic rings. The molecule has 4 rings (SSSR count). The van der Waals surface area contributed by atoms with Crippen LogP contribution < -0.4 is 5.32 Å². The number of ether oxygens (including phenoxy) is 1. The minimum Gasteiger partial charge on any atom is -0.458 e. The maximum absolute atomic E-state index is 12.7. The van der Waals surface area contributed by atoms with Crippen molar-refractivity contribution in [2.75, 3.05) is 5.75 Å². The summed E-state index contributed by atoms with van der Waals surface area (Å²) >= 11 is 1.56. The Morgan fingerprint density at radius 1 is 1.29 bits per heavy atom. The first-order valence-electron chi connectivity index (χ1n) is 9.64. The van der Waals surface area contributed by atoms with E-state index in [1.54, 1.807) is 11.8 Å². The minimum absolute atomic E-state index is 0.126. The van der Waals surface area contributed by atoms with Gasteiger partial charge in [0.25, 0.3) is 5.91 Å². The number of nitrogens with one attached hydrogen (secondary N) is 1. The third-order valence-electron chi connectivity index (χ3n) is 5.46. The van der Waals surface area contributed by atoms with Gasteiger partial charge in [-0.2, -0.15) is 0 Å². The second-order valence-corrected chi connectivity index (χ2v) is 8.80. The third-order valence-corrected chi connectivity index (χ3v) is 6.88. The van der Waals surface area contributed by atoms with Crippen LogP contribution in [0.5, 0.6) is 0 Å². The molecule has 2 heterocycles. The molecule has 2 fully saturated rings.